The van der Waals surface area contributed by atoms with E-state index in [2.05, 4.69) is 26.5 Å². The molecule has 5 rings (SSSR count). The van der Waals surface area contributed by atoms with E-state index < -0.39 is 0 Å². The van der Waals surface area contributed by atoms with Crippen molar-refractivity contribution in [2.24, 2.45) is 0 Å². The maximum absolute atomic E-state index is 12.9. The summed E-state index contributed by atoms with van der Waals surface area (Å²) in [6, 6.07) is 7.72. The van der Waals surface area contributed by atoms with Crippen molar-refractivity contribution in [2.45, 2.75) is 25.8 Å². The summed E-state index contributed by atoms with van der Waals surface area (Å²) in [6.45, 7) is 3.68. The van der Waals surface area contributed by atoms with Gasteiger partial charge in [-0.15, -0.1) is 0 Å². The van der Waals surface area contributed by atoms with Crippen LogP contribution in [0.5, 0.6) is 0 Å². The number of aromatic nitrogens is 5. The first-order valence-corrected chi connectivity index (χ1v) is 9.63. The van der Waals surface area contributed by atoms with E-state index in [1.54, 1.807) is 23.0 Å². The second-order valence-electron chi connectivity index (χ2n) is 7.37. The molecule has 1 aliphatic heterocycles. The summed E-state index contributed by atoms with van der Waals surface area (Å²) in [4.78, 5) is 22.0. The molecular weight excluding hydrogens is 366 g/mol. The van der Waals surface area contributed by atoms with Crippen LogP contribution in [0, 0.1) is 18.3 Å². The first-order valence-electron chi connectivity index (χ1n) is 9.63. The molecule has 0 aliphatic carbocycles. The second kappa shape index (κ2) is 6.79. The number of aryl methyl sites for hydroxylation is 1. The van der Waals surface area contributed by atoms with Gasteiger partial charge in [0.25, 0.3) is 5.56 Å². The number of hydrogen-bond acceptors (Lipinski definition) is 6. The monoisotopic (exact) mass is 385 g/mol. The number of fused-ring (bicyclic) bond motifs is 2. The predicted molar refractivity (Wildman–Crippen MR) is 109 cm³/mol. The molecule has 8 heteroatoms. The molecule has 0 aromatic carbocycles. The van der Waals surface area contributed by atoms with Crippen LogP contribution in [0.4, 0.5) is 0 Å². The molecule has 4 aromatic heterocycles. The first kappa shape index (κ1) is 17.5. The van der Waals surface area contributed by atoms with Gasteiger partial charge in [0.1, 0.15) is 6.07 Å². The number of imidazole rings is 1. The Bertz CT molecular complexity index is 1340. The van der Waals surface area contributed by atoms with E-state index in [0.29, 0.717) is 27.8 Å². The Hall–Kier alpha value is -3.57. The average molecular weight is 385 g/mol. The third-order valence-electron chi connectivity index (χ3n) is 5.41. The molecule has 0 amide bonds. The Labute approximate surface area is 166 Å². The van der Waals surface area contributed by atoms with Crippen LogP contribution in [0.2, 0.25) is 0 Å². The molecule has 8 nitrogen and oxygen atoms in total. The van der Waals surface area contributed by atoms with Crippen LogP contribution in [0.1, 0.15) is 30.1 Å². The standard InChI is InChI=1S/C21H19N7O/c1-13-11-27-12-15(8-14(9-22)20(27)25-13)18-3-2-17-19(26-18)10-24-28(21(17)29)16-4-6-23-7-5-16/h2-3,8,10-12,16,23H,4-7H2,1H3. The molecule has 4 aromatic rings. The van der Waals surface area contributed by atoms with Gasteiger partial charge < -0.3 is 9.72 Å². The predicted octanol–water partition coefficient (Wildman–Crippen LogP) is 2.21. The molecule has 1 N–H and O–H groups in total. The van der Waals surface area contributed by atoms with Gasteiger partial charge >= 0.3 is 0 Å². The molecule has 5 heterocycles. The summed E-state index contributed by atoms with van der Waals surface area (Å²) in [5.74, 6) is 0. The molecule has 0 atom stereocenters. The van der Waals surface area contributed by atoms with Gasteiger partial charge in [-0.25, -0.2) is 14.6 Å². The summed E-state index contributed by atoms with van der Waals surface area (Å²) in [5.41, 5.74) is 3.87. The summed E-state index contributed by atoms with van der Waals surface area (Å²) < 4.78 is 3.43. The number of nitriles is 1. The molecular formula is C21H19N7O. The van der Waals surface area contributed by atoms with Gasteiger partial charge in [0.15, 0.2) is 5.65 Å². The van der Waals surface area contributed by atoms with Crippen LogP contribution in [0.15, 0.2) is 41.6 Å². The molecule has 0 unspecified atom stereocenters. The molecule has 144 valence electrons. The van der Waals surface area contributed by atoms with Gasteiger partial charge in [-0.3, -0.25) is 4.79 Å². The lowest BCUT2D eigenvalue weighted by molar-refractivity contribution is 0.333. The second-order valence-corrected chi connectivity index (χ2v) is 7.37. The van der Waals surface area contributed by atoms with E-state index >= 15 is 0 Å². The van der Waals surface area contributed by atoms with Crippen molar-refractivity contribution in [2.75, 3.05) is 13.1 Å². The Kier molecular flexibility index (Phi) is 4.11. The van der Waals surface area contributed by atoms with Gasteiger partial charge in [0.2, 0.25) is 0 Å². The van der Waals surface area contributed by atoms with E-state index in [1.807, 2.05) is 29.8 Å². The van der Waals surface area contributed by atoms with Crippen LogP contribution in [-0.4, -0.2) is 37.2 Å². The fourth-order valence-electron chi connectivity index (χ4n) is 3.96. The topological polar surface area (TPSA) is 101 Å². The minimum atomic E-state index is -0.105. The van der Waals surface area contributed by atoms with Crippen molar-refractivity contribution in [1.82, 2.24) is 29.5 Å². The normalized spacial score (nSPS) is 15.0. The number of nitrogens with one attached hydrogen (secondary N) is 1. The molecule has 0 radical (unpaired) electrons. The highest BCUT2D eigenvalue weighted by Crippen LogP contribution is 2.23. The average Bonchev–Trinajstić information content (AvgIpc) is 3.13. The van der Waals surface area contributed by atoms with Gasteiger partial charge in [0.05, 0.1) is 40.1 Å². The highest BCUT2D eigenvalue weighted by atomic mass is 16.1. The van der Waals surface area contributed by atoms with E-state index in [0.717, 1.165) is 37.2 Å². The van der Waals surface area contributed by atoms with Crippen LogP contribution < -0.4 is 10.9 Å². The van der Waals surface area contributed by atoms with E-state index in [9.17, 15) is 10.1 Å². The van der Waals surface area contributed by atoms with Gasteiger partial charge in [-0.05, 0) is 51.1 Å². The Morgan fingerprint density at radius 3 is 2.83 bits per heavy atom. The molecule has 0 saturated carbocycles. The quantitative estimate of drug-likeness (QED) is 0.568. The molecule has 0 spiro atoms. The minimum Gasteiger partial charge on any atom is -0.317 e. The highest BCUT2D eigenvalue weighted by molar-refractivity contribution is 5.80. The third-order valence-corrected chi connectivity index (χ3v) is 5.41. The maximum atomic E-state index is 12.9. The Balaban J connectivity index is 1.61. The van der Waals surface area contributed by atoms with Crippen molar-refractivity contribution >= 4 is 16.6 Å². The van der Waals surface area contributed by atoms with Gasteiger partial charge in [0, 0.05) is 18.0 Å². The lowest BCUT2D eigenvalue weighted by atomic mass is 10.1. The van der Waals surface area contributed by atoms with Crippen molar-refractivity contribution in [3.63, 3.8) is 0 Å². The zero-order valence-corrected chi connectivity index (χ0v) is 16.0. The molecule has 29 heavy (non-hydrogen) atoms. The SMILES string of the molecule is Cc1cn2cc(-c3ccc4c(=O)n(C5CCNCC5)ncc4n3)cc(C#N)c2n1. The summed E-state index contributed by atoms with van der Waals surface area (Å²) in [6.07, 6.45) is 7.22. The minimum absolute atomic E-state index is 0.105. The number of nitrogens with zero attached hydrogens (tertiary/aromatic N) is 6. The molecule has 1 saturated heterocycles. The number of pyridine rings is 2. The number of piperidine rings is 1. The number of rotatable bonds is 2. The van der Waals surface area contributed by atoms with Crippen molar-refractivity contribution in [3.8, 4) is 17.3 Å². The van der Waals surface area contributed by atoms with Crippen LogP contribution >= 0.6 is 0 Å². The zero-order chi connectivity index (χ0) is 20.0. The zero-order valence-electron chi connectivity index (χ0n) is 16.0. The summed E-state index contributed by atoms with van der Waals surface area (Å²) >= 11 is 0. The van der Waals surface area contributed by atoms with E-state index in [1.165, 1.54) is 0 Å². The van der Waals surface area contributed by atoms with Crippen molar-refractivity contribution < 1.29 is 0 Å². The third kappa shape index (κ3) is 2.96. The summed E-state index contributed by atoms with van der Waals surface area (Å²) in [7, 11) is 0. The molecule has 1 fully saturated rings. The summed E-state index contributed by atoms with van der Waals surface area (Å²) in [5, 5.41) is 17.8. The lowest BCUT2D eigenvalue weighted by Crippen LogP contribution is -2.35. The van der Waals surface area contributed by atoms with Gasteiger partial charge in [-0.2, -0.15) is 10.4 Å². The lowest BCUT2D eigenvalue weighted by Gasteiger charge is -2.23. The Morgan fingerprint density at radius 2 is 2.03 bits per heavy atom. The molecule has 1 aliphatic rings. The fourth-order valence-corrected chi connectivity index (χ4v) is 3.96. The fraction of sp³-hybridized carbons (Fsp3) is 0.286. The van der Waals surface area contributed by atoms with E-state index in [4.69, 9.17) is 0 Å². The van der Waals surface area contributed by atoms with Crippen molar-refractivity contribution in [1.29, 1.82) is 5.26 Å². The first-order chi connectivity index (χ1) is 14.1. The van der Waals surface area contributed by atoms with Crippen LogP contribution in [0.3, 0.4) is 0 Å². The maximum Gasteiger partial charge on any atom is 0.276 e. The smallest absolute Gasteiger partial charge is 0.276 e. The highest BCUT2D eigenvalue weighted by Gasteiger charge is 2.18. The Morgan fingerprint density at radius 1 is 1.21 bits per heavy atom. The number of hydrogen-bond donors (Lipinski definition) is 1. The van der Waals surface area contributed by atoms with Crippen LogP contribution in [-0.2, 0) is 0 Å². The van der Waals surface area contributed by atoms with Crippen LogP contribution in [0.25, 0.3) is 27.8 Å². The van der Waals surface area contributed by atoms with E-state index in [-0.39, 0.29) is 11.6 Å². The largest absolute Gasteiger partial charge is 0.317 e. The van der Waals surface area contributed by atoms with Crippen molar-refractivity contribution in [3.05, 3.63) is 58.4 Å². The molecule has 0 bridgehead atoms. The van der Waals surface area contributed by atoms with Gasteiger partial charge in [-0.1, -0.05) is 0 Å².